The van der Waals surface area contributed by atoms with Gasteiger partial charge in [-0.3, -0.25) is 0 Å². The van der Waals surface area contributed by atoms with E-state index >= 15 is 0 Å². The van der Waals surface area contributed by atoms with E-state index in [2.05, 4.69) is 32.9 Å². The van der Waals surface area contributed by atoms with Crippen LogP contribution in [0.5, 0.6) is 0 Å². The summed E-state index contributed by atoms with van der Waals surface area (Å²) in [5.74, 6) is 0. The Morgan fingerprint density at radius 1 is 1.07 bits per heavy atom. The van der Waals surface area contributed by atoms with Gasteiger partial charge in [-0.25, -0.2) is 0 Å². The highest BCUT2D eigenvalue weighted by Gasteiger charge is 2.19. The third kappa shape index (κ3) is 2.76. The van der Waals surface area contributed by atoms with Crippen molar-refractivity contribution in [2.24, 2.45) is 0 Å². The fourth-order valence-electron chi connectivity index (χ4n) is 1.84. The second-order valence-electron chi connectivity index (χ2n) is 5.14. The summed E-state index contributed by atoms with van der Waals surface area (Å²) in [5.41, 5.74) is 3.75. The highest BCUT2D eigenvalue weighted by molar-refractivity contribution is 7.90. The maximum atomic E-state index is 11.6. The van der Waals surface area contributed by atoms with Crippen molar-refractivity contribution in [2.75, 3.05) is 6.26 Å². The first kappa shape index (κ1) is 12.6. The van der Waals surface area contributed by atoms with Crippen LogP contribution in [0.1, 0.15) is 37.5 Å². The van der Waals surface area contributed by atoms with Crippen molar-refractivity contribution in [3.8, 4) is 0 Å². The second kappa shape index (κ2) is 4.18. The van der Waals surface area contributed by atoms with Crippen LogP contribution in [0.4, 0.5) is 0 Å². The minimum absolute atomic E-state index is 0.156. The van der Waals surface area contributed by atoms with E-state index in [1.165, 1.54) is 5.56 Å². The number of benzene rings is 1. The molecule has 0 saturated carbocycles. The molecule has 15 heavy (non-hydrogen) atoms. The Bertz CT molecular complexity index is 338. The largest absolute Gasteiger partial charge is 0.612 e. The number of rotatable bonds is 1. The van der Waals surface area contributed by atoms with Gasteiger partial charge in [-0.1, -0.05) is 32.9 Å². The molecule has 84 valence electrons. The highest BCUT2D eigenvalue weighted by Crippen LogP contribution is 2.28. The van der Waals surface area contributed by atoms with Crippen molar-refractivity contribution in [3.63, 3.8) is 0 Å². The molecule has 2 heteroatoms. The van der Waals surface area contributed by atoms with E-state index in [4.69, 9.17) is 0 Å². The summed E-state index contributed by atoms with van der Waals surface area (Å²) in [5, 5.41) is 0. The third-order valence-electron chi connectivity index (χ3n) is 2.61. The summed E-state index contributed by atoms with van der Waals surface area (Å²) >= 11 is -0.887. The lowest BCUT2D eigenvalue weighted by molar-refractivity contribution is 0.585. The molecule has 0 spiro atoms. The van der Waals surface area contributed by atoms with Crippen molar-refractivity contribution in [1.82, 2.24) is 0 Å². The van der Waals surface area contributed by atoms with Gasteiger partial charge in [-0.2, -0.15) is 0 Å². The first-order valence-corrected chi connectivity index (χ1v) is 6.74. The van der Waals surface area contributed by atoms with E-state index < -0.39 is 11.2 Å². The lowest BCUT2D eigenvalue weighted by atomic mass is 9.85. The quantitative estimate of drug-likeness (QED) is 0.671. The average Bonchev–Trinajstić information content (AvgIpc) is 1.99. The van der Waals surface area contributed by atoms with Crippen LogP contribution in [0.25, 0.3) is 0 Å². The summed E-state index contributed by atoms with van der Waals surface area (Å²) in [6.07, 6.45) is 1.74. The van der Waals surface area contributed by atoms with Crippen LogP contribution in [0.3, 0.4) is 0 Å². The Labute approximate surface area is 96.1 Å². The average molecular weight is 224 g/mol. The third-order valence-corrected chi connectivity index (χ3v) is 3.83. The van der Waals surface area contributed by atoms with Crippen molar-refractivity contribution >= 4 is 11.2 Å². The van der Waals surface area contributed by atoms with Gasteiger partial charge < -0.3 is 4.55 Å². The first-order chi connectivity index (χ1) is 6.73. The van der Waals surface area contributed by atoms with E-state index in [0.717, 1.165) is 16.0 Å². The molecule has 0 radical (unpaired) electrons. The van der Waals surface area contributed by atoms with Gasteiger partial charge in [0.25, 0.3) is 0 Å². The fraction of sp³-hybridized carbons (Fsp3) is 0.538. The zero-order valence-corrected chi connectivity index (χ0v) is 11.3. The molecule has 0 aliphatic heterocycles. The van der Waals surface area contributed by atoms with E-state index in [1.54, 1.807) is 6.26 Å². The molecule has 0 amide bonds. The molecule has 1 aromatic rings. The first-order valence-electron chi connectivity index (χ1n) is 5.18. The minimum Gasteiger partial charge on any atom is -0.612 e. The van der Waals surface area contributed by atoms with E-state index in [-0.39, 0.29) is 5.41 Å². The lowest BCUT2D eigenvalue weighted by Gasteiger charge is -2.22. The minimum atomic E-state index is -0.887. The predicted molar refractivity (Wildman–Crippen MR) is 66.9 cm³/mol. The van der Waals surface area contributed by atoms with Crippen LogP contribution in [0, 0.1) is 13.8 Å². The Balaban J connectivity index is 3.32. The van der Waals surface area contributed by atoms with Gasteiger partial charge in [0, 0.05) is 11.1 Å². The van der Waals surface area contributed by atoms with Crippen molar-refractivity contribution < 1.29 is 4.55 Å². The summed E-state index contributed by atoms with van der Waals surface area (Å²) < 4.78 is 11.6. The van der Waals surface area contributed by atoms with Gasteiger partial charge in [0.1, 0.15) is 6.26 Å². The monoisotopic (exact) mass is 224 g/mol. The van der Waals surface area contributed by atoms with Crippen molar-refractivity contribution in [2.45, 2.75) is 44.9 Å². The van der Waals surface area contributed by atoms with Gasteiger partial charge >= 0.3 is 0 Å². The summed E-state index contributed by atoms with van der Waals surface area (Å²) in [6, 6.07) is 4.31. The summed E-state index contributed by atoms with van der Waals surface area (Å²) in [6.45, 7) is 10.7. The van der Waals surface area contributed by atoms with Crippen LogP contribution >= 0.6 is 0 Å². The summed E-state index contributed by atoms with van der Waals surface area (Å²) in [4.78, 5) is 0.989. The number of aryl methyl sites for hydroxylation is 2. The van der Waals surface area contributed by atoms with Gasteiger partial charge in [0.15, 0.2) is 4.90 Å². The van der Waals surface area contributed by atoms with Gasteiger partial charge in [0.05, 0.1) is 0 Å². The number of hydrogen-bond donors (Lipinski definition) is 0. The normalized spacial score (nSPS) is 14.1. The standard InChI is InChI=1S/C13H20OS/c1-9-7-11(13(3,4)5)8-10(2)12(9)15(6)14/h7-8H,1-6H3. The topological polar surface area (TPSA) is 23.1 Å². The second-order valence-corrected chi connectivity index (χ2v) is 6.46. The molecule has 1 unspecified atom stereocenters. The van der Waals surface area contributed by atoms with Gasteiger partial charge in [0.2, 0.25) is 0 Å². The Kier molecular flexibility index (Phi) is 3.51. The Morgan fingerprint density at radius 2 is 1.47 bits per heavy atom. The zero-order valence-electron chi connectivity index (χ0n) is 10.5. The molecule has 0 bridgehead atoms. The molecule has 0 saturated heterocycles. The molecule has 1 nitrogen and oxygen atoms in total. The molecular formula is C13H20OS. The zero-order chi connectivity index (χ0) is 11.8. The van der Waals surface area contributed by atoms with Crippen LogP contribution in [0.2, 0.25) is 0 Å². The Morgan fingerprint density at radius 3 is 1.73 bits per heavy atom. The van der Waals surface area contributed by atoms with Crippen LogP contribution < -0.4 is 0 Å². The van der Waals surface area contributed by atoms with Crippen molar-refractivity contribution in [3.05, 3.63) is 28.8 Å². The molecule has 0 N–H and O–H groups in total. The Hall–Kier alpha value is -0.470. The van der Waals surface area contributed by atoms with E-state index in [0.29, 0.717) is 0 Å². The molecule has 0 fully saturated rings. The molecule has 1 atom stereocenters. The molecule has 0 aliphatic carbocycles. The van der Waals surface area contributed by atoms with Gasteiger partial charge in [-0.15, -0.1) is 0 Å². The highest BCUT2D eigenvalue weighted by atomic mass is 32.2. The maximum Gasteiger partial charge on any atom is 0.158 e. The fourth-order valence-corrected chi connectivity index (χ4v) is 2.86. The van der Waals surface area contributed by atoms with Gasteiger partial charge in [-0.05, 0) is 36.0 Å². The van der Waals surface area contributed by atoms with Crippen LogP contribution in [-0.2, 0) is 16.6 Å². The predicted octanol–water partition coefficient (Wildman–Crippen LogP) is 3.34. The molecular weight excluding hydrogens is 204 g/mol. The molecule has 1 aromatic carbocycles. The molecule has 0 heterocycles. The molecule has 1 rings (SSSR count). The van der Waals surface area contributed by atoms with Crippen LogP contribution in [0.15, 0.2) is 17.0 Å². The van der Waals surface area contributed by atoms with Crippen LogP contribution in [-0.4, -0.2) is 10.8 Å². The molecule has 0 aromatic heterocycles. The van der Waals surface area contributed by atoms with Crippen molar-refractivity contribution in [1.29, 1.82) is 0 Å². The lowest BCUT2D eigenvalue weighted by Crippen LogP contribution is -2.13. The number of hydrogen-bond acceptors (Lipinski definition) is 1. The SMILES string of the molecule is Cc1cc(C(C)(C)C)cc(C)c1[S+](C)[O-]. The molecule has 0 aliphatic rings. The summed E-state index contributed by atoms with van der Waals surface area (Å²) in [7, 11) is 0. The maximum absolute atomic E-state index is 11.6. The smallest absolute Gasteiger partial charge is 0.158 e. The van der Waals surface area contributed by atoms with E-state index in [1.807, 2.05) is 13.8 Å². The van der Waals surface area contributed by atoms with E-state index in [9.17, 15) is 4.55 Å².